The Morgan fingerprint density at radius 2 is 1.35 bits per heavy atom. The predicted molar refractivity (Wildman–Crippen MR) is 168 cm³/mol. The quantitative estimate of drug-likeness (QED) is 0.121. The van der Waals surface area contributed by atoms with Gasteiger partial charge in [-0.05, 0) is 81.8 Å². The highest BCUT2D eigenvalue weighted by Gasteiger charge is 2.29. The third-order valence-corrected chi connectivity index (χ3v) is 6.82. The van der Waals surface area contributed by atoms with Crippen molar-refractivity contribution < 1.29 is 19.1 Å². The molecule has 208 valence electrons. The number of aliphatic imine (C=N–C) groups is 1. The minimum Gasteiger partial charge on any atom is -0.458 e. The van der Waals surface area contributed by atoms with Crippen molar-refractivity contribution in [1.82, 2.24) is 4.57 Å². The van der Waals surface area contributed by atoms with E-state index in [1.807, 2.05) is 120 Å². The molecule has 0 radical (unpaired) electrons. The van der Waals surface area contributed by atoms with E-state index < -0.39 is 29.3 Å². The molecule has 0 aliphatic rings. The number of benzene rings is 3. The van der Waals surface area contributed by atoms with E-state index in [0.717, 1.165) is 31.2 Å². The monoisotopic (exact) mass is 650 g/mol. The lowest BCUT2D eigenvalue weighted by atomic mass is 10.0. The smallest absolute Gasteiger partial charge is 0.419 e. The van der Waals surface area contributed by atoms with E-state index >= 15 is 0 Å². The summed E-state index contributed by atoms with van der Waals surface area (Å²) in [5.74, 6) is -0.430. The van der Waals surface area contributed by atoms with E-state index in [1.54, 1.807) is 6.20 Å². The van der Waals surface area contributed by atoms with Crippen LogP contribution in [0.3, 0.4) is 0 Å². The summed E-state index contributed by atoms with van der Waals surface area (Å²) in [7, 11) is 0. The first kappa shape index (κ1) is 29.5. The summed E-state index contributed by atoms with van der Waals surface area (Å²) in [5.41, 5.74) is 2.67. The molecule has 0 saturated carbocycles. The zero-order chi connectivity index (χ0) is 29.1. The summed E-state index contributed by atoms with van der Waals surface area (Å²) in [6.45, 7) is 11.0. The maximum Gasteiger partial charge on any atom is 0.419 e. The molecule has 0 bridgehead atoms. The Morgan fingerprint density at radius 3 is 1.88 bits per heavy atom. The van der Waals surface area contributed by atoms with Gasteiger partial charge >= 0.3 is 12.1 Å². The van der Waals surface area contributed by atoms with Crippen LogP contribution in [-0.2, 0) is 20.7 Å². The van der Waals surface area contributed by atoms with Crippen molar-refractivity contribution in [3.8, 4) is 0 Å². The number of carbonyl (C=O) groups is 2. The molecule has 0 N–H and O–H groups in total. The molecule has 0 saturated heterocycles. The van der Waals surface area contributed by atoms with Crippen LogP contribution in [0.4, 0.5) is 4.79 Å². The van der Waals surface area contributed by atoms with E-state index in [9.17, 15) is 9.59 Å². The van der Waals surface area contributed by atoms with Crippen molar-refractivity contribution in [2.24, 2.45) is 4.99 Å². The van der Waals surface area contributed by atoms with Gasteiger partial charge in [0.2, 0.25) is 0 Å². The zero-order valence-corrected chi connectivity index (χ0v) is 25.9. The highest BCUT2D eigenvalue weighted by Crippen LogP contribution is 2.30. The lowest BCUT2D eigenvalue weighted by Crippen LogP contribution is -2.33. The minimum atomic E-state index is -0.858. The summed E-state index contributed by atoms with van der Waals surface area (Å²) in [6.07, 6.45) is 1.53. The summed E-state index contributed by atoms with van der Waals surface area (Å²) < 4.78 is 14.0. The fraction of sp³-hybridized carbons (Fsp3) is 0.303. The van der Waals surface area contributed by atoms with E-state index in [4.69, 9.17) is 14.5 Å². The largest absolute Gasteiger partial charge is 0.458 e. The maximum absolute atomic E-state index is 13.7. The van der Waals surface area contributed by atoms with Crippen LogP contribution in [0.1, 0.15) is 58.2 Å². The van der Waals surface area contributed by atoms with Crippen molar-refractivity contribution >= 4 is 51.3 Å². The molecule has 1 aromatic heterocycles. The Bertz CT molecular complexity index is 1490. The molecule has 1 unspecified atom stereocenters. The van der Waals surface area contributed by atoms with Gasteiger partial charge in [0, 0.05) is 32.7 Å². The molecule has 0 spiro atoms. The normalized spacial score (nSPS) is 12.6. The van der Waals surface area contributed by atoms with Crippen molar-refractivity contribution in [3.05, 3.63) is 105 Å². The van der Waals surface area contributed by atoms with Crippen LogP contribution >= 0.6 is 22.6 Å². The van der Waals surface area contributed by atoms with Crippen molar-refractivity contribution in [1.29, 1.82) is 0 Å². The van der Waals surface area contributed by atoms with Crippen LogP contribution in [0.5, 0.6) is 0 Å². The molecule has 4 rings (SSSR count). The summed E-state index contributed by atoms with van der Waals surface area (Å²) in [5, 5.41) is 0.888. The molecular weight excluding hydrogens is 615 g/mol. The van der Waals surface area contributed by atoms with Crippen molar-refractivity contribution in [2.45, 2.75) is 65.2 Å². The second-order valence-electron chi connectivity index (χ2n) is 11.6. The first-order chi connectivity index (χ1) is 18.8. The van der Waals surface area contributed by atoms with Gasteiger partial charge in [-0.3, -0.25) is 9.56 Å². The third kappa shape index (κ3) is 7.38. The topological polar surface area (TPSA) is 69.9 Å². The average Bonchev–Trinajstić information content (AvgIpc) is 3.25. The molecule has 0 aliphatic heterocycles. The second-order valence-corrected chi connectivity index (χ2v) is 12.8. The number of aromatic nitrogens is 1. The molecule has 0 aliphatic carbocycles. The first-order valence-corrected chi connectivity index (χ1v) is 14.3. The Labute approximate surface area is 249 Å². The van der Waals surface area contributed by atoms with E-state index in [2.05, 4.69) is 22.6 Å². The summed E-state index contributed by atoms with van der Waals surface area (Å²) in [6, 6.07) is 24.5. The number of hydrogen-bond acceptors (Lipinski definition) is 5. The average molecular weight is 651 g/mol. The van der Waals surface area contributed by atoms with Gasteiger partial charge in [0.15, 0.2) is 6.04 Å². The van der Waals surface area contributed by atoms with Gasteiger partial charge in [0.05, 0.1) is 11.2 Å². The van der Waals surface area contributed by atoms with Crippen LogP contribution in [0.15, 0.2) is 90.1 Å². The number of nitrogens with zero attached hydrogens (tertiary/aromatic N) is 2. The number of fused-ring (bicyclic) bond motifs is 1. The van der Waals surface area contributed by atoms with Gasteiger partial charge in [-0.25, -0.2) is 9.59 Å². The lowest BCUT2D eigenvalue weighted by molar-refractivity contribution is -0.156. The van der Waals surface area contributed by atoms with E-state index in [-0.39, 0.29) is 6.42 Å². The highest BCUT2D eigenvalue weighted by atomic mass is 127. The number of ether oxygens (including phenoxy) is 2. The molecule has 40 heavy (non-hydrogen) atoms. The van der Waals surface area contributed by atoms with Crippen molar-refractivity contribution in [2.75, 3.05) is 0 Å². The SMILES string of the molecule is CC(C)(C)OC(=O)C(Cc1cn(C(=O)OC(C)(C)C)c2cccc(I)c12)N=C(c1ccccc1)c1ccccc1. The van der Waals surface area contributed by atoms with Crippen LogP contribution < -0.4 is 0 Å². The fourth-order valence-electron chi connectivity index (χ4n) is 4.36. The Kier molecular flexibility index (Phi) is 8.83. The van der Waals surface area contributed by atoms with Crippen molar-refractivity contribution in [3.63, 3.8) is 0 Å². The minimum absolute atomic E-state index is 0.240. The van der Waals surface area contributed by atoms with E-state index in [0.29, 0.717) is 5.71 Å². The second kappa shape index (κ2) is 12.0. The number of rotatable bonds is 6. The molecule has 0 amide bonds. The number of hydrogen-bond donors (Lipinski definition) is 0. The molecule has 7 heteroatoms. The van der Waals surface area contributed by atoms with Gasteiger partial charge in [-0.1, -0.05) is 66.7 Å². The van der Waals surface area contributed by atoms with Gasteiger partial charge < -0.3 is 9.47 Å². The first-order valence-electron chi connectivity index (χ1n) is 13.3. The molecule has 3 aromatic carbocycles. The molecule has 1 heterocycles. The Hall–Kier alpha value is -3.46. The Balaban J connectivity index is 1.87. The van der Waals surface area contributed by atoms with Crippen LogP contribution in [0, 0.1) is 3.57 Å². The van der Waals surface area contributed by atoms with Crippen LogP contribution in [0.25, 0.3) is 10.9 Å². The van der Waals surface area contributed by atoms with Gasteiger partial charge in [-0.2, -0.15) is 0 Å². The van der Waals surface area contributed by atoms with Gasteiger partial charge in [0.25, 0.3) is 0 Å². The van der Waals surface area contributed by atoms with E-state index in [1.165, 1.54) is 4.57 Å². The Morgan fingerprint density at radius 1 is 0.800 bits per heavy atom. The molecular formula is C33H35IN2O4. The fourth-order valence-corrected chi connectivity index (χ4v) is 5.19. The van der Waals surface area contributed by atoms with Crippen LogP contribution in [-0.4, -0.2) is 39.6 Å². The van der Waals surface area contributed by atoms with Gasteiger partial charge in [-0.15, -0.1) is 0 Å². The number of halogens is 1. The summed E-state index contributed by atoms with van der Waals surface area (Å²) in [4.78, 5) is 31.9. The molecule has 0 fully saturated rings. The predicted octanol–water partition coefficient (Wildman–Crippen LogP) is 7.82. The summed E-state index contributed by atoms with van der Waals surface area (Å²) >= 11 is 2.26. The lowest BCUT2D eigenvalue weighted by Gasteiger charge is -2.23. The number of carbonyl (C=O) groups excluding carboxylic acids is 2. The molecule has 6 nitrogen and oxygen atoms in total. The standard InChI is InChI=1S/C33H35IN2O4/c1-32(2,3)39-30(37)26(35-29(22-14-9-7-10-15-22)23-16-11-8-12-17-23)20-24-21-36(31(38)40-33(4,5)6)27-19-13-18-25(34)28(24)27/h7-19,21,26H,20H2,1-6H3. The highest BCUT2D eigenvalue weighted by molar-refractivity contribution is 14.1. The number of esters is 1. The van der Waals surface area contributed by atoms with Crippen LogP contribution in [0.2, 0.25) is 0 Å². The molecule has 1 atom stereocenters. The third-order valence-electron chi connectivity index (χ3n) is 5.92. The zero-order valence-electron chi connectivity index (χ0n) is 23.8. The molecule has 4 aromatic rings. The van der Waals surface area contributed by atoms with Gasteiger partial charge in [0.1, 0.15) is 11.2 Å². The maximum atomic E-state index is 13.7.